The zero-order chi connectivity index (χ0) is 49.1. The molecule has 6 rings (SSSR count). The molecule has 370 valence electrons. The summed E-state index contributed by atoms with van der Waals surface area (Å²) in [4.78, 5) is 108. The molecule has 69 heavy (non-hydrogen) atoms. The lowest BCUT2D eigenvalue weighted by Crippen LogP contribution is -2.60. The molecule has 0 bridgehead atoms. The average Bonchev–Trinajstić information content (AvgIpc) is 4.13. The van der Waals surface area contributed by atoms with Crippen LogP contribution < -0.4 is 48.3 Å². The summed E-state index contributed by atoms with van der Waals surface area (Å²) in [5, 5.41) is 30.8. The molecule has 7 amide bonds. The Bertz CT molecular complexity index is 2390. The van der Waals surface area contributed by atoms with Gasteiger partial charge >= 0.3 is 0 Å². The summed E-state index contributed by atoms with van der Waals surface area (Å²) in [6, 6.07) is 6.43. The van der Waals surface area contributed by atoms with E-state index >= 15 is 0 Å². The number of rotatable bonds is 13. The van der Waals surface area contributed by atoms with Crippen LogP contribution in [-0.2, 0) is 52.8 Å². The third-order valence-corrected chi connectivity index (χ3v) is 12.4. The van der Waals surface area contributed by atoms with Crippen LogP contribution in [0.1, 0.15) is 87.4 Å². The SMILES string of the molecule is N=C(N)NCCC[C@@H]1NC(=O)[C@@H](Cc2ccc(F)cc2)NC(=O)[C@H](Cc2c[nH]cn2)NC(=O)[C@@H](NC(=O)CC2CCCC2)CCC(=O)NCCCCNC(=O)[C@H](Cc2c[nH]c3ccccc23)NC1=O. The van der Waals surface area contributed by atoms with Crippen LogP contribution in [0.4, 0.5) is 4.39 Å². The van der Waals surface area contributed by atoms with Gasteiger partial charge in [0.25, 0.3) is 0 Å². The first-order valence-corrected chi connectivity index (χ1v) is 23.7. The summed E-state index contributed by atoms with van der Waals surface area (Å²) in [6.07, 6.45) is 9.45. The fraction of sp³-hybridized carbons (Fsp3) is 0.479. The van der Waals surface area contributed by atoms with E-state index in [1.165, 1.54) is 36.8 Å². The number of H-pyrrole nitrogens is 2. The highest BCUT2D eigenvalue weighted by molar-refractivity contribution is 5.97. The number of para-hydroxylation sites is 1. The van der Waals surface area contributed by atoms with E-state index in [2.05, 4.69) is 57.5 Å². The molecule has 2 aliphatic rings. The lowest BCUT2D eigenvalue weighted by atomic mass is 10.0. The Balaban J connectivity index is 1.32. The van der Waals surface area contributed by atoms with Crippen molar-refractivity contribution >= 4 is 58.2 Å². The highest BCUT2D eigenvalue weighted by atomic mass is 19.1. The number of amides is 7. The number of carbonyl (C=O) groups is 7. The molecule has 2 aromatic heterocycles. The summed E-state index contributed by atoms with van der Waals surface area (Å²) in [6.45, 7) is 0.645. The van der Waals surface area contributed by atoms with Crippen LogP contribution in [0.15, 0.2) is 67.3 Å². The lowest BCUT2D eigenvalue weighted by Gasteiger charge is -2.27. The van der Waals surface area contributed by atoms with Gasteiger partial charge in [-0.3, -0.25) is 39.0 Å². The quantitative estimate of drug-likeness (QED) is 0.0515. The first-order valence-electron chi connectivity index (χ1n) is 23.7. The molecule has 0 radical (unpaired) electrons. The second-order valence-corrected chi connectivity index (χ2v) is 17.7. The molecule has 13 N–H and O–H groups in total. The van der Waals surface area contributed by atoms with Crippen molar-refractivity contribution in [1.82, 2.24) is 57.5 Å². The first-order chi connectivity index (χ1) is 33.3. The van der Waals surface area contributed by atoms with E-state index in [9.17, 15) is 38.0 Å². The van der Waals surface area contributed by atoms with Crippen LogP contribution in [0.25, 0.3) is 10.9 Å². The highest BCUT2D eigenvalue weighted by Gasteiger charge is 2.34. The van der Waals surface area contributed by atoms with Crippen LogP contribution in [0, 0.1) is 17.1 Å². The predicted molar refractivity (Wildman–Crippen MR) is 254 cm³/mol. The van der Waals surface area contributed by atoms with Gasteiger partial charge in [-0.25, -0.2) is 9.37 Å². The number of aromatic nitrogens is 3. The predicted octanol–water partition coefficient (Wildman–Crippen LogP) is 1.13. The zero-order valence-electron chi connectivity index (χ0n) is 38.6. The Labute approximate surface area is 399 Å². The molecule has 1 aliphatic carbocycles. The number of carbonyl (C=O) groups excluding carboxylic acids is 7. The molecule has 0 spiro atoms. The van der Waals surface area contributed by atoms with Crippen molar-refractivity contribution in [2.24, 2.45) is 11.7 Å². The van der Waals surface area contributed by atoms with Gasteiger partial charge in [-0.2, -0.15) is 0 Å². The van der Waals surface area contributed by atoms with Gasteiger partial charge in [0.2, 0.25) is 41.4 Å². The van der Waals surface area contributed by atoms with Crippen LogP contribution >= 0.6 is 0 Å². The number of benzene rings is 2. The van der Waals surface area contributed by atoms with Crippen molar-refractivity contribution in [3.05, 3.63) is 89.9 Å². The molecule has 21 heteroatoms. The molecule has 1 aliphatic heterocycles. The van der Waals surface area contributed by atoms with Crippen LogP contribution in [0.5, 0.6) is 0 Å². The van der Waals surface area contributed by atoms with E-state index in [1.54, 1.807) is 6.20 Å². The fourth-order valence-corrected chi connectivity index (χ4v) is 8.68. The van der Waals surface area contributed by atoms with E-state index < -0.39 is 65.6 Å². The van der Waals surface area contributed by atoms with Crippen molar-refractivity contribution in [3.63, 3.8) is 0 Å². The Kier molecular flexibility index (Phi) is 19.0. The maximum atomic E-state index is 14.6. The van der Waals surface area contributed by atoms with Crippen LogP contribution in [0.3, 0.4) is 0 Å². The smallest absolute Gasteiger partial charge is 0.243 e. The second-order valence-electron chi connectivity index (χ2n) is 17.7. The molecule has 4 aromatic rings. The molecule has 20 nitrogen and oxygen atoms in total. The standard InChI is InChI=1S/C48H64FN13O7/c49-32-15-13-30(14-16-32)22-38-46(68)59-36(12-7-21-55-48(50)51)44(66)61-39(24-31-26-56-35-11-4-3-10-34(31)35)43(65)54-20-6-5-19-53-41(63)18-17-37(58-42(64)23-29-8-1-2-9-29)45(67)62-40(47(69)60-38)25-33-27-52-28-57-33/h3-4,10-11,13-16,26-29,36-40,56H,1-2,5-9,12,17-25H2,(H,52,57)(H,53,63)(H,54,65)(H,58,64)(H,59,68)(H,60,69)(H,61,66)(H,62,67)(H4,50,51,55)/t36-,37-,38+,39-,40-/m0/s1. The van der Waals surface area contributed by atoms with Gasteiger partial charge in [-0.05, 0) is 80.2 Å². The molecule has 2 aromatic carbocycles. The van der Waals surface area contributed by atoms with E-state index in [4.69, 9.17) is 11.1 Å². The van der Waals surface area contributed by atoms with Crippen molar-refractivity contribution in [2.75, 3.05) is 19.6 Å². The third-order valence-electron chi connectivity index (χ3n) is 12.4. The van der Waals surface area contributed by atoms with E-state index in [1.807, 2.05) is 24.3 Å². The fourth-order valence-electron chi connectivity index (χ4n) is 8.68. The minimum absolute atomic E-state index is 0.00785. The van der Waals surface area contributed by atoms with E-state index in [0.717, 1.165) is 42.1 Å². The minimum atomic E-state index is -1.41. The van der Waals surface area contributed by atoms with Crippen molar-refractivity contribution in [3.8, 4) is 0 Å². The Morgan fingerprint density at radius 3 is 2.10 bits per heavy atom. The molecule has 5 atom stereocenters. The first kappa shape index (κ1) is 51.1. The largest absolute Gasteiger partial charge is 0.370 e. The average molecular weight is 954 g/mol. The molecule has 0 unspecified atom stereocenters. The monoisotopic (exact) mass is 954 g/mol. The molecule has 1 saturated heterocycles. The minimum Gasteiger partial charge on any atom is -0.370 e. The van der Waals surface area contributed by atoms with Gasteiger partial charge in [0.05, 0.1) is 12.0 Å². The number of nitrogens with two attached hydrogens (primary N) is 1. The Morgan fingerprint density at radius 1 is 0.739 bits per heavy atom. The number of guanidine groups is 1. The number of halogens is 1. The third kappa shape index (κ3) is 16.2. The summed E-state index contributed by atoms with van der Waals surface area (Å²) >= 11 is 0. The van der Waals surface area contributed by atoms with Crippen molar-refractivity contribution < 1.29 is 38.0 Å². The molecule has 1 saturated carbocycles. The number of hydrogen-bond donors (Lipinski definition) is 12. The van der Waals surface area contributed by atoms with Gasteiger partial charge < -0.3 is 58.2 Å². The normalized spacial score (nSPS) is 22.1. The maximum Gasteiger partial charge on any atom is 0.243 e. The maximum absolute atomic E-state index is 14.6. The van der Waals surface area contributed by atoms with Crippen molar-refractivity contribution in [1.29, 1.82) is 5.41 Å². The summed E-state index contributed by atoms with van der Waals surface area (Å²) in [5.74, 6) is -4.93. The van der Waals surface area contributed by atoms with Gasteiger partial charge in [0.1, 0.15) is 36.0 Å². The molecule has 2 fully saturated rings. The van der Waals surface area contributed by atoms with E-state index in [0.29, 0.717) is 24.1 Å². The number of nitrogens with zero attached hydrogens (tertiary/aromatic N) is 1. The summed E-state index contributed by atoms with van der Waals surface area (Å²) in [7, 11) is 0. The van der Waals surface area contributed by atoms with Crippen LogP contribution in [0.2, 0.25) is 0 Å². The summed E-state index contributed by atoms with van der Waals surface area (Å²) in [5.41, 5.74) is 7.94. The molecule has 3 heterocycles. The number of nitrogens with one attached hydrogen (secondary N) is 11. The van der Waals surface area contributed by atoms with Gasteiger partial charge in [-0.15, -0.1) is 0 Å². The van der Waals surface area contributed by atoms with Crippen LogP contribution in [-0.4, -0.2) is 112 Å². The zero-order valence-corrected chi connectivity index (χ0v) is 38.6. The second kappa shape index (κ2) is 25.7. The number of fused-ring (bicyclic) bond motifs is 1. The van der Waals surface area contributed by atoms with Gasteiger partial charge in [-0.1, -0.05) is 43.2 Å². The highest BCUT2D eigenvalue weighted by Crippen LogP contribution is 2.27. The Hall–Kier alpha value is -7.32. The van der Waals surface area contributed by atoms with E-state index in [-0.39, 0.29) is 94.7 Å². The lowest BCUT2D eigenvalue weighted by molar-refractivity contribution is -0.135. The molecular formula is C48H64FN13O7. The number of aromatic amines is 2. The van der Waals surface area contributed by atoms with Gasteiger partial charge in [0.15, 0.2) is 5.96 Å². The number of imidazole rings is 1. The van der Waals surface area contributed by atoms with Gasteiger partial charge in [0, 0.05) is 75.0 Å². The topological polar surface area (TPSA) is 310 Å². The summed E-state index contributed by atoms with van der Waals surface area (Å²) < 4.78 is 14.1. The van der Waals surface area contributed by atoms with Crippen molar-refractivity contribution in [2.45, 2.75) is 120 Å². The Morgan fingerprint density at radius 2 is 1.39 bits per heavy atom. The molecular weight excluding hydrogens is 890 g/mol. The number of hydrogen-bond acceptors (Lipinski definition) is 9.